The second-order valence-electron chi connectivity index (χ2n) is 8.63. The number of hydrogen-bond acceptors (Lipinski definition) is 15. The lowest BCUT2D eigenvalue weighted by molar-refractivity contribution is -0.344. The van der Waals surface area contributed by atoms with Gasteiger partial charge in [0.15, 0.2) is 28.5 Å². The fourth-order valence-electron chi connectivity index (χ4n) is 4.08. The molecule has 0 aromatic carbocycles. The number of rotatable bonds is 14. The maximum atomic E-state index is 11.9. The van der Waals surface area contributed by atoms with Gasteiger partial charge in [0.05, 0.1) is 19.0 Å². The van der Waals surface area contributed by atoms with Gasteiger partial charge in [-0.25, -0.2) is 17.4 Å². The highest BCUT2D eigenvalue weighted by molar-refractivity contribution is 7.94. The summed E-state index contributed by atoms with van der Waals surface area (Å²) in [5.41, 5.74) is 0. The van der Waals surface area contributed by atoms with E-state index >= 15 is 0 Å². The molecule has 20 heteroatoms. The Balaban J connectivity index is 2.46. The predicted octanol–water partition coefficient (Wildman–Crippen LogP) is -3.44. The number of aliphatic carboxylic acids is 1. The zero-order valence-corrected chi connectivity index (χ0v) is 23.2. The van der Waals surface area contributed by atoms with Crippen LogP contribution in [0, 0.1) is 0 Å². The molecule has 0 saturated carbocycles. The van der Waals surface area contributed by atoms with Gasteiger partial charge < -0.3 is 49.1 Å². The Kier molecular flexibility index (Phi) is 12.4. The lowest BCUT2D eigenvalue weighted by atomic mass is 9.95. The van der Waals surface area contributed by atoms with Crippen LogP contribution in [0.25, 0.3) is 0 Å². The van der Waals surface area contributed by atoms with Crippen molar-refractivity contribution >= 4 is 32.1 Å². The molecule has 2 fully saturated rings. The van der Waals surface area contributed by atoms with Crippen molar-refractivity contribution in [2.75, 3.05) is 33.2 Å². The predicted molar refractivity (Wildman–Crippen MR) is 128 cm³/mol. The molecule has 40 heavy (non-hydrogen) atoms. The molecule has 2 rings (SSSR count). The summed E-state index contributed by atoms with van der Waals surface area (Å²) in [6.07, 6.45) is -14.9. The number of nitrogens with one attached hydrogen (secondary N) is 1. The zero-order chi connectivity index (χ0) is 30.4. The molecule has 0 aromatic rings. The van der Waals surface area contributed by atoms with E-state index in [-0.39, 0.29) is 0 Å². The van der Waals surface area contributed by atoms with E-state index in [1.807, 2.05) is 0 Å². The fraction of sp³-hybridized carbons (Fsp3) is 0.800. The van der Waals surface area contributed by atoms with Crippen LogP contribution in [0.4, 0.5) is 0 Å². The number of ether oxygens (including phenoxy) is 6. The van der Waals surface area contributed by atoms with Gasteiger partial charge in [0.1, 0.15) is 42.7 Å². The number of aliphatic hydroxyl groups is 2. The number of carbonyl (C=O) groups is 2. The molecule has 232 valence electrons. The third-order valence-electron chi connectivity index (χ3n) is 5.92. The van der Waals surface area contributed by atoms with Crippen LogP contribution >= 0.6 is 0 Å². The molecule has 2 heterocycles. The van der Waals surface area contributed by atoms with Gasteiger partial charge in [-0.2, -0.15) is 8.42 Å². The van der Waals surface area contributed by atoms with Crippen LogP contribution in [0.1, 0.15) is 6.92 Å². The average molecular weight is 624 g/mol. The minimum absolute atomic E-state index is 0.510. The summed E-state index contributed by atoms with van der Waals surface area (Å²) in [5.74, 6) is -2.84. The van der Waals surface area contributed by atoms with Gasteiger partial charge in [-0.05, 0) is 0 Å². The number of sulfone groups is 1. The van der Waals surface area contributed by atoms with E-state index < -0.39 is 112 Å². The van der Waals surface area contributed by atoms with Gasteiger partial charge in [-0.3, -0.25) is 9.35 Å². The summed E-state index contributed by atoms with van der Waals surface area (Å²) in [6.45, 7) is 2.85. The van der Waals surface area contributed by atoms with E-state index in [1.54, 1.807) is 0 Å². The summed E-state index contributed by atoms with van der Waals surface area (Å²) < 4.78 is 91.8. The Morgan fingerprint density at radius 3 is 2.15 bits per heavy atom. The monoisotopic (exact) mass is 623 g/mol. The Labute approximate surface area is 229 Å². The van der Waals surface area contributed by atoms with Crippen LogP contribution in [0.15, 0.2) is 12.0 Å². The topological polar surface area (TPSA) is 260 Å². The summed E-state index contributed by atoms with van der Waals surface area (Å²) in [4.78, 5) is 23.7. The minimum Gasteiger partial charge on any atom is -0.479 e. The number of carboxylic acids is 1. The van der Waals surface area contributed by atoms with Crippen LogP contribution in [0.2, 0.25) is 0 Å². The van der Waals surface area contributed by atoms with Gasteiger partial charge in [0.25, 0.3) is 0 Å². The standard InChI is InChI=1S/C20H33NO17S2/c1-5-39(27,28)7-6-34-17-15(32-3)13(24)16(18(25)26)38-20(17)37-14-11(21-9(2)22)19(33-4)36-10(12(14)23)8-35-40(29,30)31/h5,10-17,19-20,23-24H,1,6-8H2,2-4H3,(H,21,22)(H,25,26)(H,29,30,31). The molecule has 2 aliphatic rings. The number of hydrogen-bond donors (Lipinski definition) is 5. The van der Waals surface area contributed by atoms with Crippen molar-refractivity contribution in [3.05, 3.63) is 12.0 Å². The molecule has 1 amide bonds. The van der Waals surface area contributed by atoms with Gasteiger partial charge in [0.2, 0.25) is 5.91 Å². The first kappa shape index (κ1) is 34.4. The van der Waals surface area contributed by atoms with Gasteiger partial charge in [-0.1, -0.05) is 6.58 Å². The van der Waals surface area contributed by atoms with Crippen molar-refractivity contribution in [2.45, 2.75) is 68.3 Å². The molecule has 0 spiro atoms. The summed E-state index contributed by atoms with van der Waals surface area (Å²) in [5, 5.41) is 34.2. The third-order valence-corrected chi connectivity index (χ3v) is 7.59. The number of carbonyl (C=O) groups excluding carboxylic acids is 1. The molecule has 5 N–H and O–H groups in total. The second kappa shape index (κ2) is 14.4. The van der Waals surface area contributed by atoms with Crippen molar-refractivity contribution < 1.29 is 78.9 Å². The number of amides is 1. The van der Waals surface area contributed by atoms with E-state index in [2.05, 4.69) is 16.1 Å². The molecule has 2 saturated heterocycles. The molecule has 0 bridgehead atoms. The van der Waals surface area contributed by atoms with E-state index in [9.17, 15) is 41.7 Å². The molecule has 18 nitrogen and oxygen atoms in total. The molecule has 10 atom stereocenters. The lowest BCUT2D eigenvalue weighted by Gasteiger charge is -2.48. The van der Waals surface area contributed by atoms with Crippen LogP contribution in [0.3, 0.4) is 0 Å². The van der Waals surface area contributed by atoms with Crippen LogP contribution in [-0.2, 0) is 62.4 Å². The summed E-state index contributed by atoms with van der Waals surface area (Å²) >= 11 is 0. The molecular weight excluding hydrogens is 590 g/mol. The molecule has 0 radical (unpaired) electrons. The molecule has 0 aromatic heterocycles. The summed E-state index contributed by atoms with van der Waals surface area (Å²) in [6, 6.07) is -1.33. The zero-order valence-electron chi connectivity index (χ0n) is 21.6. The SMILES string of the molecule is C=CS(=O)(=O)CCOC1C(OC2C(O)C(COS(=O)(=O)O)OC(OC)C2NC(C)=O)OC(C(=O)O)C(O)C1OC. The van der Waals surface area contributed by atoms with E-state index in [0.717, 1.165) is 21.1 Å². The van der Waals surface area contributed by atoms with Gasteiger partial charge in [0, 0.05) is 26.6 Å². The van der Waals surface area contributed by atoms with E-state index in [1.165, 1.54) is 0 Å². The molecular formula is C20H33NO17S2. The largest absolute Gasteiger partial charge is 0.479 e. The Morgan fingerprint density at radius 1 is 1.00 bits per heavy atom. The Morgan fingerprint density at radius 2 is 1.65 bits per heavy atom. The maximum absolute atomic E-state index is 11.9. The quantitative estimate of drug-likeness (QED) is 0.118. The molecule has 10 unspecified atom stereocenters. The Hall–Kier alpha value is -1.82. The van der Waals surface area contributed by atoms with E-state index in [4.69, 9.17) is 33.0 Å². The highest BCUT2D eigenvalue weighted by Gasteiger charge is 2.54. The normalized spacial score (nSPS) is 35.1. The van der Waals surface area contributed by atoms with Crippen molar-refractivity contribution in [1.82, 2.24) is 5.32 Å². The van der Waals surface area contributed by atoms with Crippen molar-refractivity contribution in [3.8, 4) is 0 Å². The number of carboxylic acid groups (broad SMARTS) is 1. The van der Waals surface area contributed by atoms with Crippen molar-refractivity contribution in [1.29, 1.82) is 0 Å². The fourth-order valence-corrected chi connectivity index (χ4v) is 4.88. The van der Waals surface area contributed by atoms with Crippen molar-refractivity contribution in [3.63, 3.8) is 0 Å². The number of methoxy groups -OCH3 is 2. The number of aliphatic hydroxyl groups excluding tert-OH is 2. The smallest absolute Gasteiger partial charge is 0.397 e. The van der Waals surface area contributed by atoms with Crippen LogP contribution in [0.5, 0.6) is 0 Å². The van der Waals surface area contributed by atoms with Crippen LogP contribution in [-0.4, -0.2) is 143 Å². The lowest BCUT2D eigenvalue weighted by Crippen LogP contribution is -2.68. The summed E-state index contributed by atoms with van der Waals surface area (Å²) in [7, 11) is -6.45. The highest BCUT2D eigenvalue weighted by atomic mass is 32.3. The average Bonchev–Trinajstić information content (AvgIpc) is 2.85. The first-order valence-corrected chi connectivity index (χ1v) is 14.6. The van der Waals surface area contributed by atoms with E-state index in [0.29, 0.717) is 5.41 Å². The minimum atomic E-state index is -4.97. The maximum Gasteiger partial charge on any atom is 0.397 e. The van der Waals surface area contributed by atoms with Crippen molar-refractivity contribution in [2.24, 2.45) is 0 Å². The van der Waals surface area contributed by atoms with Crippen LogP contribution < -0.4 is 5.32 Å². The highest BCUT2D eigenvalue weighted by Crippen LogP contribution is 2.32. The Bertz CT molecular complexity index is 1100. The first-order chi connectivity index (χ1) is 18.5. The molecule has 0 aliphatic carbocycles. The second-order valence-corrected chi connectivity index (χ2v) is 11.8. The third kappa shape index (κ3) is 9.09. The van der Waals surface area contributed by atoms with Gasteiger partial charge in [-0.15, -0.1) is 0 Å². The first-order valence-electron chi connectivity index (χ1n) is 11.5. The molecule has 2 aliphatic heterocycles. The van der Waals surface area contributed by atoms with Gasteiger partial charge >= 0.3 is 16.4 Å².